The molecule has 1 unspecified atom stereocenters. The first-order valence-corrected chi connectivity index (χ1v) is 6.07. The first kappa shape index (κ1) is 11.5. The number of nitrogens with zero attached hydrogens (tertiary/aromatic N) is 2. The van der Waals surface area contributed by atoms with Gasteiger partial charge in [0.25, 0.3) is 0 Å². The molecule has 0 amide bonds. The number of aromatic nitrogens is 2. The van der Waals surface area contributed by atoms with Crippen LogP contribution < -0.4 is 5.32 Å². The number of halogens is 1. The van der Waals surface area contributed by atoms with E-state index in [4.69, 9.17) is 0 Å². The summed E-state index contributed by atoms with van der Waals surface area (Å²) in [5.74, 6) is 0. The van der Waals surface area contributed by atoms with Crippen molar-refractivity contribution < 1.29 is 0 Å². The largest absolute Gasteiger partial charge is 0.317 e. The fourth-order valence-electron chi connectivity index (χ4n) is 1.66. The number of nitrogens with one attached hydrogen (secondary N) is 1. The third kappa shape index (κ3) is 2.23. The number of benzene rings is 1. The van der Waals surface area contributed by atoms with Crippen LogP contribution in [0.4, 0.5) is 0 Å². The molecule has 4 heteroatoms. The molecule has 1 heterocycles. The SMILES string of the molecule is CNC(C)Cc1ncnc2c(Br)cccc12. The summed E-state index contributed by atoms with van der Waals surface area (Å²) < 4.78 is 1.02. The second-order valence-corrected chi connectivity index (χ2v) is 4.70. The molecule has 84 valence electrons. The Labute approximate surface area is 103 Å². The van der Waals surface area contributed by atoms with Crippen molar-refractivity contribution in [1.82, 2.24) is 15.3 Å². The van der Waals surface area contributed by atoms with Crippen LogP contribution in [0.3, 0.4) is 0 Å². The van der Waals surface area contributed by atoms with Gasteiger partial charge in [-0.3, -0.25) is 0 Å². The zero-order chi connectivity index (χ0) is 11.5. The lowest BCUT2D eigenvalue weighted by Crippen LogP contribution is -2.24. The van der Waals surface area contributed by atoms with Crippen molar-refractivity contribution in [2.24, 2.45) is 0 Å². The summed E-state index contributed by atoms with van der Waals surface area (Å²) in [5.41, 5.74) is 2.07. The third-order valence-electron chi connectivity index (χ3n) is 2.69. The van der Waals surface area contributed by atoms with E-state index in [1.807, 2.05) is 19.2 Å². The van der Waals surface area contributed by atoms with Crippen LogP contribution in [-0.4, -0.2) is 23.1 Å². The quantitative estimate of drug-likeness (QED) is 0.939. The minimum atomic E-state index is 0.414. The smallest absolute Gasteiger partial charge is 0.116 e. The van der Waals surface area contributed by atoms with E-state index in [9.17, 15) is 0 Å². The van der Waals surface area contributed by atoms with Gasteiger partial charge >= 0.3 is 0 Å². The molecule has 2 aromatic rings. The van der Waals surface area contributed by atoms with E-state index in [0.717, 1.165) is 27.5 Å². The van der Waals surface area contributed by atoms with Crippen LogP contribution in [0.2, 0.25) is 0 Å². The summed E-state index contributed by atoms with van der Waals surface area (Å²) in [7, 11) is 1.96. The van der Waals surface area contributed by atoms with Crippen LogP contribution in [0.15, 0.2) is 29.0 Å². The first-order valence-electron chi connectivity index (χ1n) is 5.27. The Morgan fingerprint density at radius 2 is 2.19 bits per heavy atom. The van der Waals surface area contributed by atoms with Crippen molar-refractivity contribution in [2.75, 3.05) is 7.05 Å². The molecule has 1 N–H and O–H groups in total. The number of para-hydroxylation sites is 1. The van der Waals surface area contributed by atoms with Crippen molar-refractivity contribution in [1.29, 1.82) is 0 Å². The van der Waals surface area contributed by atoms with Crippen molar-refractivity contribution in [3.63, 3.8) is 0 Å². The Hall–Kier alpha value is -1.00. The topological polar surface area (TPSA) is 37.8 Å². The molecule has 0 aliphatic carbocycles. The monoisotopic (exact) mass is 279 g/mol. The number of rotatable bonds is 3. The lowest BCUT2D eigenvalue weighted by atomic mass is 10.1. The van der Waals surface area contributed by atoms with E-state index in [2.05, 4.69) is 44.2 Å². The Morgan fingerprint density at radius 1 is 1.38 bits per heavy atom. The molecule has 0 spiro atoms. The van der Waals surface area contributed by atoms with Crippen LogP contribution in [-0.2, 0) is 6.42 Å². The number of likely N-dealkylation sites (N-methyl/N-ethyl adjacent to an activating group) is 1. The van der Waals surface area contributed by atoms with Gasteiger partial charge in [-0.05, 0) is 36.0 Å². The Kier molecular flexibility index (Phi) is 3.51. The fourth-order valence-corrected chi connectivity index (χ4v) is 2.13. The van der Waals surface area contributed by atoms with Gasteiger partial charge in [0.2, 0.25) is 0 Å². The average Bonchev–Trinajstić information content (AvgIpc) is 2.30. The molecule has 0 aliphatic heterocycles. The highest BCUT2D eigenvalue weighted by molar-refractivity contribution is 9.10. The zero-order valence-electron chi connectivity index (χ0n) is 9.37. The molecular weight excluding hydrogens is 266 g/mol. The van der Waals surface area contributed by atoms with Crippen LogP contribution >= 0.6 is 15.9 Å². The lowest BCUT2D eigenvalue weighted by molar-refractivity contribution is 0.602. The molecule has 2 rings (SSSR count). The lowest BCUT2D eigenvalue weighted by Gasteiger charge is -2.11. The molecule has 16 heavy (non-hydrogen) atoms. The molecule has 0 bridgehead atoms. The van der Waals surface area contributed by atoms with Gasteiger partial charge in [-0.1, -0.05) is 12.1 Å². The van der Waals surface area contributed by atoms with E-state index in [-0.39, 0.29) is 0 Å². The van der Waals surface area contributed by atoms with Gasteiger partial charge in [0.15, 0.2) is 0 Å². The van der Waals surface area contributed by atoms with Crippen LogP contribution in [0.1, 0.15) is 12.6 Å². The van der Waals surface area contributed by atoms with Crippen molar-refractivity contribution in [3.8, 4) is 0 Å². The van der Waals surface area contributed by atoms with E-state index >= 15 is 0 Å². The van der Waals surface area contributed by atoms with Gasteiger partial charge in [-0.15, -0.1) is 0 Å². The average molecular weight is 280 g/mol. The van der Waals surface area contributed by atoms with Gasteiger partial charge < -0.3 is 5.32 Å². The second-order valence-electron chi connectivity index (χ2n) is 3.85. The van der Waals surface area contributed by atoms with Gasteiger partial charge in [0, 0.05) is 22.3 Å². The van der Waals surface area contributed by atoms with Crippen molar-refractivity contribution in [2.45, 2.75) is 19.4 Å². The number of hydrogen-bond donors (Lipinski definition) is 1. The van der Waals surface area contributed by atoms with Crippen molar-refractivity contribution in [3.05, 3.63) is 34.7 Å². The molecule has 3 nitrogen and oxygen atoms in total. The molecule has 1 aromatic heterocycles. The van der Waals surface area contributed by atoms with Gasteiger partial charge in [0.1, 0.15) is 6.33 Å². The zero-order valence-corrected chi connectivity index (χ0v) is 11.0. The molecule has 0 radical (unpaired) electrons. The van der Waals surface area contributed by atoms with E-state index in [1.54, 1.807) is 6.33 Å². The highest BCUT2D eigenvalue weighted by Gasteiger charge is 2.08. The summed E-state index contributed by atoms with van der Waals surface area (Å²) in [4.78, 5) is 8.66. The van der Waals surface area contributed by atoms with Crippen LogP contribution in [0.25, 0.3) is 10.9 Å². The maximum absolute atomic E-state index is 4.36. The Bertz CT molecular complexity index is 499. The van der Waals surface area contributed by atoms with Crippen molar-refractivity contribution >= 4 is 26.8 Å². The summed E-state index contributed by atoms with van der Waals surface area (Å²) >= 11 is 3.51. The predicted octanol–water partition coefficient (Wildman–Crippen LogP) is 2.54. The highest BCUT2D eigenvalue weighted by atomic mass is 79.9. The molecule has 0 aliphatic rings. The summed E-state index contributed by atoms with van der Waals surface area (Å²) in [6.07, 6.45) is 2.54. The van der Waals surface area contributed by atoms with Gasteiger partial charge in [0.05, 0.1) is 11.2 Å². The van der Waals surface area contributed by atoms with Gasteiger partial charge in [-0.2, -0.15) is 0 Å². The number of hydrogen-bond acceptors (Lipinski definition) is 3. The molecule has 1 atom stereocenters. The highest BCUT2D eigenvalue weighted by Crippen LogP contribution is 2.23. The fraction of sp³-hybridized carbons (Fsp3) is 0.333. The molecule has 1 aromatic carbocycles. The third-order valence-corrected chi connectivity index (χ3v) is 3.33. The molecule has 0 saturated carbocycles. The Balaban J connectivity index is 2.50. The maximum atomic E-state index is 4.36. The van der Waals surface area contributed by atoms with Gasteiger partial charge in [-0.25, -0.2) is 9.97 Å². The predicted molar refractivity (Wildman–Crippen MR) is 69.5 cm³/mol. The molecular formula is C12H14BrN3. The summed E-state index contributed by atoms with van der Waals surface area (Å²) in [6, 6.07) is 6.50. The minimum Gasteiger partial charge on any atom is -0.317 e. The van der Waals surface area contributed by atoms with E-state index in [1.165, 1.54) is 0 Å². The summed E-state index contributed by atoms with van der Waals surface area (Å²) in [5, 5.41) is 4.34. The minimum absolute atomic E-state index is 0.414. The molecule has 0 fully saturated rings. The maximum Gasteiger partial charge on any atom is 0.116 e. The van der Waals surface area contributed by atoms with Crippen LogP contribution in [0, 0.1) is 0 Å². The normalized spacial score (nSPS) is 12.9. The Morgan fingerprint density at radius 3 is 2.94 bits per heavy atom. The summed E-state index contributed by atoms with van der Waals surface area (Å²) in [6.45, 7) is 2.14. The van der Waals surface area contributed by atoms with Crippen LogP contribution in [0.5, 0.6) is 0 Å². The van der Waals surface area contributed by atoms with E-state index in [0.29, 0.717) is 6.04 Å². The first-order chi connectivity index (χ1) is 7.72. The van der Waals surface area contributed by atoms with E-state index < -0.39 is 0 Å². The standard InChI is InChI=1S/C12H14BrN3/c1-8(14-2)6-11-9-4-3-5-10(13)12(9)16-7-15-11/h3-5,7-8,14H,6H2,1-2H3. The molecule has 0 saturated heterocycles. The second kappa shape index (κ2) is 4.89. The number of fused-ring (bicyclic) bond motifs is 1.